The molecule has 0 N–H and O–H groups in total. The summed E-state index contributed by atoms with van der Waals surface area (Å²) >= 11 is 2.22. The van der Waals surface area contributed by atoms with Gasteiger partial charge in [0.2, 0.25) is 0 Å². The van der Waals surface area contributed by atoms with Gasteiger partial charge < -0.3 is 0 Å². The monoisotopic (exact) mass is 385 g/mol. The molecule has 0 spiro atoms. The van der Waals surface area contributed by atoms with Gasteiger partial charge in [0.25, 0.3) is 0 Å². The average Bonchev–Trinajstić information content (AvgIpc) is 2.64. The fraction of sp³-hybridized carbons (Fsp3) is 0. The van der Waals surface area contributed by atoms with E-state index in [1.165, 1.54) is 31.1 Å². The first-order valence-corrected chi connectivity index (χ1v) is 10.4. The summed E-state index contributed by atoms with van der Waals surface area (Å²) in [5.74, 6) is 0. The molecule has 4 aromatic carbocycles. The molecular weight excluding hydrogens is 368 g/mol. The third-order valence-corrected chi connectivity index (χ3v) is 7.51. The standard InChI is InChI=1S/C22H16GeP/c23-20-15-7-9-17-10-8-16-21(22(17)20)24(18-11-3-1-4-12-18)19-13-5-2-6-14-19/h1-16H. The molecule has 0 aromatic heterocycles. The molecule has 0 saturated heterocycles. The van der Waals surface area contributed by atoms with Crippen LogP contribution in [0.3, 0.4) is 0 Å². The van der Waals surface area contributed by atoms with Gasteiger partial charge in [-0.05, 0) is 0 Å². The van der Waals surface area contributed by atoms with Crippen LogP contribution in [-0.2, 0) is 0 Å². The molecule has 0 aliphatic heterocycles. The Morgan fingerprint density at radius 3 is 1.67 bits per heavy atom. The van der Waals surface area contributed by atoms with Gasteiger partial charge >= 0.3 is 153 Å². The van der Waals surface area contributed by atoms with Crippen molar-refractivity contribution in [2.75, 3.05) is 0 Å². The zero-order valence-electron chi connectivity index (χ0n) is 13.2. The Morgan fingerprint density at radius 1 is 0.542 bits per heavy atom. The van der Waals surface area contributed by atoms with E-state index in [1.807, 2.05) is 0 Å². The number of hydrogen-bond acceptors (Lipinski definition) is 0. The van der Waals surface area contributed by atoms with Crippen LogP contribution >= 0.6 is 7.92 Å². The van der Waals surface area contributed by atoms with Gasteiger partial charge in [-0.3, -0.25) is 0 Å². The third-order valence-electron chi connectivity index (χ3n) is 4.15. The molecular formula is C22H16GeP. The molecule has 2 heteroatoms. The molecule has 0 amide bonds. The molecule has 24 heavy (non-hydrogen) atoms. The van der Waals surface area contributed by atoms with E-state index in [0.717, 1.165) is 0 Å². The van der Waals surface area contributed by atoms with Crippen LogP contribution < -0.4 is 20.3 Å². The Morgan fingerprint density at radius 2 is 1.08 bits per heavy atom. The molecule has 0 aliphatic rings. The normalized spacial score (nSPS) is 11.1. The number of benzene rings is 4. The van der Waals surface area contributed by atoms with Gasteiger partial charge in [0, 0.05) is 0 Å². The van der Waals surface area contributed by atoms with E-state index in [9.17, 15) is 0 Å². The van der Waals surface area contributed by atoms with Crippen molar-refractivity contribution < 1.29 is 0 Å². The molecule has 0 aliphatic carbocycles. The van der Waals surface area contributed by atoms with Crippen molar-refractivity contribution in [3.8, 4) is 0 Å². The van der Waals surface area contributed by atoms with Gasteiger partial charge in [-0.25, -0.2) is 0 Å². The number of fused-ring (bicyclic) bond motifs is 1. The Kier molecular flexibility index (Phi) is 4.51. The molecule has 0 nitrogen and oxygen atoms in total. The fourth-order valence-electron chi connectivity index (χ4n) is 3.09. The summed E-state index contributed by atoms with van der Waals surface area (Å²) in [4.78, 5) is 0. The van der Waals surface area contributed by atoms with Crippen LogP contribution in [0.4, 0.5) is 0 Å². The Bertz CT molecular complexity index is 920. The number of hydrogen-bond donors (Lipinski definition) is 0. The SMILES string of the molecule is [Ge][c]1cccc2cccc(P(c3ccccc3)c3ccccc3)c12. The molecule has 0 unspecified atom stereocenters. The molecule has 3 radical (unpaired) electrons. The summed E-state index contributed by atoms with van der Waals surface area (Å²) in [6.07, 6.45) is 0. The van der Waals surface area contributed by atoms with Crippen molar-refractivity contribution in [2.24, 2.45) is 0 Å². The average molecular weight is 384 g/mol. The molecule has 4 aromatic rings. The van der Waals surface area contributed by atoms with Crippen molar-refractivity contribution in [2.45, 2.75) is 0 Å². The first kappa shape index (κ1) is 15.6. The molecule has 0 saturated carbocycles. The van der Waals surface area contributed by atoms with E-state index < -0.39 is 7.92 Å². The van der Waals surface area contributed by atoms with Gasteiger partial charge in [0.05, 0.1) is 0 Å². The van der Waals surface area contributed by atoms with E-state index in [-0.39, 0.29) is 0 Å². The fourth-order valence-corrected chi connectivity index (χ4v) is 6.60. The first-order chi connectivity index (χ1) is 11.8. The van der Waals surface area contributed by atoms with Gasteiger partial charge in [-0.2, -0.15) is 0 Å². The van der Waals surface area contributed by atoms with Gasteiger partial charge in [-0.1, -0.05) is 0 Å². The zero-order valence-corrected chi connectivity index (χ0v) is 16.2. The van der Waals surface area contributed by atoms with E-state index in [4.69, 9.17) is 0 Å². The van der Waals surface area contributed by atoms with Crippen LogP contribution in [0.2, 0.25) is 0 Å². The van der Waals surface area contributed by atoms with Crippen LogP contribution in [0.15, 0.2) is 97.1 Å². The van der Waals surface area contributed by atoms with E-state index in [0.29, 0.717) is 0 Å². The van der Waals surface area contributed by atoms with Crippen molar-refractivity contribution in [3.63, 3.8) is 0 Å². The molecule has 113 valence electrons. The predicted molar refractivity (Wildman–Crippen MR) is 108 cm³/mol. The second-order valence-corrected chi connectivity index (χ2v) is 9.00. The van der Waals surface area contributed by atoms with Gasteiger partial charge in [-0.15, -0.1) is 0 Å². The summed E-state index contributed by atoms with van der Waals surface area (Å²) in [5, 5.41) is 6.97. The van der Waals surface area contributed by atoms with Gasteiger partial charge in [0.15, 0.2) is 0 Å². The summed E-state index contributed by atoms with van der Waals surface area (Å²) in [5.41, 5.74) is 0. The van der Waals surface area contributed by atoms with Crippen LogP contribution in [0, 0.1) is 0 Å². The van der Waals surface area contributed by atoms with Crippen LogP contribution in [0.25, 0.3) is 10.8 Å². The summed E-state index contributed by atoms with van der Waals surface area (Å²) < 4.78 is 1.35. The second kappa shape index (κ2) is 6.93. The first-order valence-electron chi connectivity index (χ1n) is 7.98. The molecule has 0 fully saturated rings. The molecule has 0 bridgehead atoms. The molecule has 4 rings (SSSR count). The van der Waals surface area contributed by atoms with Crippen molar-refractivity contribution >= 4 is 55.5 Å². The number of rotatable bonds is 3. The summed E-state index contributed by atoms with van der Waals surface area (Å²) in [6, 6.07) is 35.1. The van der Waals surface area contributed by atoms with E-state index in [2.05, 4.69) is 114 Å². The maximum absolute atomic E-state index is 2.31. The van der Waals surface area contributed by atoms with Gasteiger partial charge in [0.1, 0.15) is 0 Å². The predicted octanol–water partition coefficient (Wildman–Crippen LogP) is 3.39. The Hall–Kier alpha value is -1.89. The van der Waals surface area contributed by atoms with Crippen molar-refractivity contribution in [1.82, 2.24) is 0 Å². The van der Waals surface area contributed by atoms with Crippen LogP contribution in [0.1, 0.15) is 0 Å². The Balaban J connectivity index is 2.02. The van der Waals surface area contributed by atoms with E-state index >= 15 is 0 Å². The maximum atomic E-state index is 2.31. The summed E-state index contributed by atoms with van der Waals surface area (Å²) in [6.45, 7) is 0. The van der Waals surface area contributed by atoms with Crippen LogP contribution in [0.5, 0.6) is 0 Å². The minimum atomic E-state index is -0.562. The van der Waals surface area contributed by atoms with Crippen molar-refractivity contribution in [1.29, 1.82) is 0 Å². The van der Waals surface area contributed by atoms with E-state index in [1.54, 1.807) is 0 Å². The van der Waals surface area contributed by atoms with Crippen molar-refractivity contribution in [3.05, 3.63) is 97.1 Å². The third kappa shape index (κ3) is 2.93. The quantitative estimate of drug-likeness (QED) is 0.376. The minimum absolute atomic E-state index is 0.562. The summed E-state index contributed by atoms with van der Waals surface area (Å²) in [7, 11) is -0.562. The molecule has 0 atom stereocenters. The topological polar surface area (TPSA) is 0 Å². The second-order valence-electron chi connectivity index (χ2n) is 5.69. The Labute approximate surface area is 152 Å². The molecule has 0 heterocycles. The zero-order chi connectivity index (χ0) is 16.4. The van der Waals surface area contributed by atoms with Crippen LogP contribution in [-0.4, -0.2) is 16.5 Å².